The number of aryl methyl sites for hydroxylation is 1. The van der Waals surface area contributed by atoms with Crippen LogP contribution >= 0.6 is 0 Å². The number of aliphatic hydroxyl groups excluding tert-OH is 1. The Kier molecular flexibility index (Phi) is 3.67. The summed E-state index contributed by atoms with van der Waals surface area (Å²) in [6, 6.07) is 8.46. The average Bonchev–Trinajstić information content (AvgIpc) is 3.31. The van der Waals surface area contributed by atoms with E-state index in [0.29, 0.717) is 12.6 Å². The van der Waals surface area contributed by atoms with Gasteiger partial charge in [-0.25, -0.2) is 4.98 Å². The molecule has 1 aliphatic carbocycles. The zero-order valence-corrected chi connectivity index (χ0v) is 14.2. The molecule has 5 rings (SSSR count). The molecule has 6 heteroatoms. The molecular formula is C19H23N3O3. The van der Waals surface area contributed by atoms with Crippen molar-refractivity contribution in [2.24, 2.45) is 0 Å². The molecule has 1 aromatic heterocycles. The summed E-state index contributed by atoms with van der Waals surface area (Å²) in [6.07, 6.45) is 4.52. The molecule has 2 N–H and O–H groups in total. The summed E-state index contributed by atoms with van der Waals surface area (Å²) < 4.78 is 13.9. The van der Waals surface area contributed by atoms with Crippen LogP contribution in [0.1, 0.15) is 23.0 Å². The maximum Gasteiger partial charge on any atom is 0.181 e. The van der Waals surface area contributed by atoms with Gasteiger partial charge in [0.25, 0.3) is 0 Å². The van der Waals surface area contributed by atoms with Crippen LogP contribution in [0.5, 0.6) is 0 Å². The fourth-order valence-electron chi connectivity index (χ4n) is 4.55. The van der Waals surface area contributed by atoms with Gasteiger partial charge in [0.1, 0.15) is 18.0 Å². The molecule has 6 nitrogen and oxygen atoms in total. The third-order valence-electron chi connectivity index (χ3n) is 5.79. The van der Waals surface area contributed by atoms with Crippen LogP contribution in [0, 0.1) is 6.92 Å². The van der Waals surface area contributed by atoms with Crippen molar-refractivity contribution in [2.75, 3.05) is 6.61 Å². The maximum atomic E-state index is 11.1. The molecular weight excluding hydrogens is 318 g/mol. The Morgan fingerprint density at radius 1 is 1.24 bits per heavy atom. The Morgan fingerprint density at radius 2 is 2.00 bits per heavy atom. The molecule has 3 heterocycles. The summed E-state index contributed by atoms with van der Waals surface area (Å²) in [6.45, 7) is 2.45. The maximum absolute atomic E-state index is 11.1. The first-order valence-corrected chi connectivity index (χ1v) is 8.98. The van der Waals surface area contributed by atoms with Gasteiger partial charge in [-0.2, -0.15) is 0 Å². The van der Waals surface area contributed by atoms with E-state index >= 15 is 0 Å². The first kappa shape index (κ1) is 15.5. The lowest BCUT2D eigenvalue weighted by Gasteiger charge is -2.40. The van der Waals surface area contributed by atoms with E-state index in [9.17, 15) is 5.11 Å². The van der Waals surface area contributed by atoms with Gasteiger partial charge >= 0.3 is 0 Å². The summed E-state index contributed by atoms with van der Waals surface area (Å²) in [5, 5.41) is 14.8. The number of aromatic nitrogens is 2. The lowest BCUT2D eigenvalue weighted by atomic mass is 9.94. The third-order valence-corrected chi connectivity index (χ3v) is 5.79. The highest BCUT2D eigenvalue weighted by atomic mass is 16.7. The third kappa shape index (κ3) is 2.52. The van der Waals surface area contributed by atoms with Gasteiger partial charge in [0.05, 0.1) is 18.8 Å². The highest BCUT2D eigenvalue weighted by Crippen LogP contribution is 2.37. The second-order valence-electron chi connectivity index (χ2n) is 7.31. The summed E-state index contributed by atoms with van der Waals surface area (Å²) in [7, 11) is 0. The van der Waals surface area contributed by atoms with Gasteiger partial charge in [0.2, 0.25) is 0 Å². The molecule has 2 aliphatic heterocycles. The van der Waals surface area contributed by atoms with Crippen molar-refractivity contribution in [3.05, 3.63) is 53.6 Å². The van der Waals surface area contributed by atoms with E-state index in [1.807, 2.05) is 17.7 Å². The Hall–Kier alpha value is -1.73. The van der Waals surface area contributed by atoms with E-state index in [1.54, 1.807) is 6.20 Å². The minimum Gasteiger partial charge on any atom is -0.389 e. The molecule has 0 amide bonds. The number of rotatable bonds is 3. The van der Waals surface area contributed by atoms with E-state index in [0.717, 1.165) is 18.7 Å². The summed E-state index contributed by atoms with van der Waals surface area (Å²) in [5.74, 6) is 0.855. The van der Waals surface area contributed by atoms with Crippen LogP contribution in [-0.4, -0.2) is 51.8 Å². The molecule has 5 atom stereocenters. The zero-order valence-electron chi connectivity index (χ0n) is 14.2. The number of nitrogens with one attached hydrogen (secondary N) is 1. The number of benzene rings is 1. The fourth-order valence-corrected chi connectivity index (χ4v) is 4.55. The second kappa shape index (κ2) is 5.92. The quantitative estimate of drug-likeness (QED) is 0.871. The number of imidazole rings is 1. The summed E-state index contributed by atoms with van der Waals surface area (Å²) in [4.78, 5) is 4.28. The minimum absolute atomic E-state index is 0.108. The summed E-state index contributed by atoms with van der Waals surface area (Å²) >= 11 is 0. The Bertz CT molecular complexity index is 752. The van der Waals surface area contributed by atoms with Crippen molar-refractivity contribution in [3.63, 3.8) is 0 Å². The van der Waals surface area contributed by atoms with E-state index < -0.39 is 12.4 Å². The zero-order chi connectivity index (χ0) is 17.0. The smallest absolute Gasteiger partial charge is 0.181 e. The normalized spacial score (nSPS) is 34.4. The van der Waals surface area contributed by atoms with Crippen LogP contribution in [-0.2, 0) is 22.3 Å². The number of aliphatic hydroxyl groups is 1. The van der Waals surface area contributed by atoms with Gasteiger partial charge in [-0.15, -0.1) is 0 Å². The SMILES string of the molecule is Cc1nccn1[C@H]1[C@@H]2OC[C@@H](O2)[C@@H](NC2Cc3ccccc3C2)[C@@H]1O. The van der Waals surface area contributed by atoms with Crippen LogP contribution in [0.2, 0.25) is 0 Å². The number of ether oxygens (including phenoxy) is 2. The van der Waals surface area contributed by atoms with Gasteiger partial charge < -0.3 is 24.5 Å². The van der Waals surface area contributed by atoms with Crippen molar-refractivity contribution >= 4 is 0 Å². The molecule has 0 unspecified atom stereocenters. The predicted molar refractivity (Wildman–Crippen MR) is 91.2 cm³/mol. The number of hydrogen-bond acceptors (Lipinski definition) is 5. The molecule has 0 radical (unpaired) electrons. The molecule has 2 saturated heterocycles. The minimum atomic E-state index is -0.581. The van der Waals surface area contributed by atoms with Gasteiger partial charge in [-0.05, 0) is 30.9 Å². The predicted octanol–water partition coefficient (Wildman–Crippen LogP) is 0.974. The van der Waals surface area contributed by atoms with Crippen LogP contribution in [0.15, 0.2) is 36.7 Å². The standard InChI is InChI=1S/C19H23N3O3/c1-11-20-6-7-22(11)17-18(23)16(15-10-24-19(17)25-15)21-14-8-12-4-2-3-5-13(12)9-14/h2-7,14-19,21,23H,8-10H2,1H3/t15-,16-,17-,18+,19-/m1/s1. The van der Waals surface area contributed by atoms with Crippen LogP contribution in [0.4, 0.5) is 0 Å². The largest absolute Gasteiger partial charge is 0.389 e. The molecule has 2 fully saturated rings. The number of nitrogens with zero attached hydrogens (tertiary/aromatic N) is 2. The Labute approximate surface area is 146 Å². The lowest BCUT2D eigenvalue weighted by Crippen LogP contribution is -2.59. The molecule has 2 bridgehead atoms. The van der Waals surface area contributed by atoms with Crippen molar-refractivity contribution in [1.82, 2.24) is 14.9 Å². The van der Waals surface area contributed by atoms with E-state index in [1.165, 1.54) is 11.1 Å². The van der Waals surface area contributed by atoms with E-state index in [2.05, 4.69) is 34.6 Å². The lowest BCUT2D eigenvalue weighted by molar-refractivity contribution is -0.166. The van der Waals surface area contributed by atoms with Crippen LogP contribution < -0.4 is 5.32 Å². The second-order valence-corrected chi connectivity index (χ2v) is 7.31. The average molecular weight is 341 g/mol. The van der Waals surface area contributed by atoms with E-state index in [-0.39, 0.29) is 18.2 Å². The van der Waals surface area contributed by atoms with Crippen LogP contribution in [0.3, 0.4) is 0 Å². The van der Waals surface area contributed by atoms with Crippen LogP contribution in [0.25, 0.3) is 0 Å². The summed E-state index contributed by atoms with van der Waals surface area (Å²) in [5.41, 5.74) is 2.79. The van der Waals surface area contributed by atoms with Crippen molar-refractivity contribution in [1.29, 1.82) is 0 Å². The van der Waals surface area contributed by atoms with E-state index in [4.69, 9.17) is 9.47 Å². The van der Waals surface area contributed by atoms with Gasteiger partial charge in [0, 0.05) is 18.4 Å². The molecule has 1 aromatic carbocycles. The molecule has 0 saturated carbocycles. The highest BCUT2D eigenvalue weighted by Gasteiger charge is 2.51. The fraction of sp³-hybridized carbons (Fsp3) is 0.526. The molecule has 3 aliphatic rings. The van der Waals surface area contributed by atoms with Crippen molar-refractivity contribution in [3.8, 4) is 0 Å². The van der Waals surface area contributed by atoms with Crippen molar-refractivity contribution in [2.45, 2.75) is 56.4 Å². The topological polar surface area (TPSA) is 68.5 Å². The number of fused-ring (bicyclic) bond motifs is 3. The number of hydrogen-bond donors (Lipinski definition) is 2. The monoisotopic (exact) mass is 341 g/mol. The molecule has 132 valence electrons. The first-order valence-electron chi connectivity index (χ1n) is 8.98. The van der Waals surface area contributed by atoms with Gasteiger partial charge in [0.15, 0.2) is 6.29 Å². The molecule has 0 spiro atoms. The van der Waals surface area contributed by atoms with Gasteiger partial charge in [-0.3, -0.25) is 0 Å². The van der Waals surface area contributed by atoms with Crippen molar-refractivity contribution < 1.29 is 14.6 Å². The molecule has 25 heavy (non-hydrogen) atoms. The Morgan fingerprint density at radius 3 is 2.68 bits per heavy atom. The first-order chi connectivity index (χ1) is 12.2. The van der Waals surface area contributed by atoms with Gasteiger partial charge in [-0.1, -0.05) is 24.3 Å². The highest BCUT2D eigenvalue weighted by molar-refractivity contribution is 5.33. The Balaban J connectivity index is 1.37. The molecule has 2 aromatic rings.